The Bertz CT molecular complexity index is 515. The number of para-hydroxylation sites is 1. The molecule has 5 nitrogen and oxygen atoms in total. The summed E-state index contributed by atoms with van der Waals surface area (Å²) < 4.78 is 4.98. The van der Waals surface area contributed by atoms with Crippen molar-refractivity contribution in [1.29, 1.82) is 0 Å². The molecule has 0 aliphatic carbocycles. The molecule has 0 atom stereocenters. The van der Waals surface area contributed by atoms with Crippen molar-refractivity contribution in [2.75, 3.05) is 32.1 Å². The molecule has 0 aromatic heterocycles. The summed E-state index contributed by atoms with van der Waals surface area (Å²) in [5.41, 5.74) is 2.99. The van der Waals surface area contributed by atoms with Crippen LogP contribution in [0.15, 0.2) is 18.2 Å². The average Bonchev–Trinajstić information content (AvgIpc) is 2.48. The van der Waals surface area contributed by atoms with E-state index in [0.717, 1.165) is 23.2 Å². The molecule has 1 rings (SSSR count). The van der Waals surface area contributed by atoms with Gasteiger partial charge in [-0.2, -0.15) is 0 Å². The van der Waals surface area contributed by atoms with E-state index in [-0.39, 0.29) is 18.4 Å². The molecular formula is C17H26N2O3. The van der Waals surface area contributed by atoms with E-state index < -0.39 is 0 Å². The van der Waals surface area contributed by atoms with E-state index in [1.54, 1.807) is 7.11 Å². The van der Waals surface area contributed by atoms with E-state index in [2.05, 4.69) is 12.2 Å². The number of amides is 2. The Kier molecular flexibility index (Phi) is 7.60. The van der Waals surface area contributed by atoms with Crippen LogP contribution in [0, 0.1) is 6.92 Å². The molecule has 5 heteroatoms. The van der Waals surface area contributed by atoms with Gasteiger partial charge in [0.25, 0.3) is 0 Å². The molecule has 2 amide bonds. The van der Waals surface area contributed by atoms with Gasteiger partial charge in [0.15, 0.2) is 0 Å². The minimum Gasteiger partial charge on any atom is -0.385 e. The normalized spacial score (nSPS) is 10.4. The molecule has 122 valence electrons. The second-order valence-electron chi connectivity index (χ2n) is 5.30. The Hall–Kier alpha value is -1.88. The highest BCUT2D eigenvalue weighted by Crippen LogP contribution is 2.20. The van der Waals surface area contributed by atoms with Crippen LogP contribution in [0.2, 0.25) is 0 Å². The highest BCUT2D eigenvalue weighted by atomic mass is 16.5. The predicted molar refractivity (Wildman–Crippen MR) is 87.9 cm³/mol. The fraction of sp³-hybridized carbons (Fsp3) is 0.529. The van der Waals surface area contributed by atoms with Crippen molar-refractivity contribution in [2.45, 2.75) is 33.6 Å². The lowest BCUT2D eigenvalue weighted by atomic mass is 10.1. The highest BCUT2D eigenvalue weighted by molar-refractivity contribution is 5.95. The molecule has 0 saturated heterocycles. The summed E-state index contributed by atoms with van der Waals surface area (Å²) in [5.74, 6) is -0.275. The largest absolute Gasteiger partial charge is 0.385 e. The van der Waals surface area contributed by atoms with Crippen molar-refractivity contribution < 1.29 is 14.3 Å². The van der Waals surface area contributed by atoms with Crippen molar-refractivity contribution in [3.05, 3.63) is 29.3 Å². The van der Waals surface area contributed by atoms with Gasteiger partial charge in [0.05, 0.1) is 6.54 Å². The molecule has 0 bridgehead atoms. The van der Waals surface area contributed by atoms with Crippen LogP contribution in [0.3, 0.4) is 0 Å². The van der Waals surface area contributed by atoms with Crippen LogP contribution < -0.4 is 5.32 Å². The van der Waals surface area contributed by atoms with Gasteiger partial charge in [-0.25, -0.2) is 0 Å². The molecule has 0 spiro atoms. The number of nitrogens with zero attached hydrogens (tertiary/aromatic N) is 1. The number of hydrogen-bond donors (Lipinski definition) is 1. The Morgan fingerprint density at radius 3 is 2.64 bits per heavy atom. The van der Waals surface area contributed by atoms with E-state index in [0.29, 0.717) is 19.6 Å². The number of benzene rings is 1. The topological polar surface area (TPSA) is 58.6 Å². The number of hydrogen-bond acceptors (Lipinski definition) is 3. The maximum atomic E-state index is 12.2. The summed E-state index contributed by atoms with van der Waals surface area (Å²) in [6.45, 7) is 6.66. The van der Waals surface area contributed by atoms with Crippen LogP contribution in [0.5, 0.6) is 0 Å². The van der Waals surface area contributed by atoms with Gasteiger partial charge in [0, 0.05) is 32.9 Å². The molecule has 1 aromatic carbocycles. The van der Waals surface area contributed by atoms with Gasteiger partial charge >= 0.3 is 0 Å². The number of methoxy groups -OCH3 is 1. The Labute approximate surface area is 132 Å². The minimum absolute atomic E-state index is 0.0660. The fourth-order valence-corrected chi connectivity index (χ4v) is 2.30. The van der Waals surface area contributed by atoms with Gasteiger partial charge in [-0.05, 0) is 30.9 Å². The van der Waals surface area contributed by atoms with Crippen molar-refractivity contribution in [3.8, 4) is 0 Å². The SMILES string of the molecule is CCc1cccc(C)c1NC(=O)CN(CCCOC)C(C)=O. The lowest BCUT2D eigenvalue weighted by Gasteiger charge is -2.21. The van der Waals surface area contributed by atoms with E-state index in [9.17, 15) is 9.59 Å². The third-order valence-corrected chi connectivity index (χ3v) is 3.56. The van der Waals surface area contributed by atoms with Crippen molar-refractivity contribution in [2.24, 2.45) is 0 Å². The molecule has 0 saturated carbocycles. The highest BCUT2D eigenvalue weighted by Gasteiger charge is 2.15. The molecule has 0 unspecified atom stereocenters. The van der Waals surface area contributed by atoms with Gasteiger partial charge in [-0.3, -0.25) is 9.59 Å². The standard InChI is InChI=1S/C17H26N2O3/c1-5-15-9-6-8-13(2)17(15)18-16(21)12-19(14(3)20)10-7-11-22-4/h6,8-9H,5,7,10-12H2,1-4H3,(H,18,21). The van der Waals surface area contributed by atoms with E-state index >= 15 is 0 Å². The van der Waals surface area contributed by atoms with Crippen molar-refractivity contribution in [3.63, 3.8) is 0 Å². The number of nitrogens with one attached hydrogen (secondary N) is 1. The molecule has 0 heterocycles. The summed E-state index contributed by atoms with van der Waals surface area (Å²) in [6, 6.07) is 5.95. The first-order chi connectivity index (χ1) is 10.5. The van der Waals surface area contributed by atoms with E-state index in [4.69, 9.17) is 4.74 Å². The molecule has 0 fully saturated rings. The number of aryl methyl sites for hydroxylation is 2. The minimum atomic E-state index is -0.170. The number of rotatable bonds is 8. The quantitative estimate of drug-likeness (QED) is 0.750. The average molecular weight is 306 g/mol. The molecule has 0 aliphatic rings. The molecule has 1 aromatic rings. The van der Waals surface area contributed by atoms with Crippen molar-refractivity contribution in [1.82, 2.24) is 4.90 Å². The third kappa shape index (κ3) is 5.48. The fourth-order valence-electron chi connectivity index (χ4n) is 2.30. The van der Waals surface area contributed by atoms with Crippen molar-refractivity contribution >= 4 is 17.5 Å². The first-order valence-electron chi connectivity index (χ1n) is 7.62. The number of anilines is 1. The van der Waals surface area contributed by atoms with E-state index in [1.807, 2.05) is 25.1 Å². The zero-order valence-corrected chi connectivity index (χ0v) is 13.9. The van der Waals surface area contributed by atoms with E-state index in [1.165, 1.54) is 11.8 Å². The van der Waals surface area contributed by atoms with Crippen LogP contribution in [0.4, 0.5) is 5.69 Å². The Balaban J connectivity index is 2.69. The monoisotopic (exact) mass is 306 g/mol. The Morgan fingerprint density at radius 2 is 2.05 bits per heavy atom. The lowest BCUT2D eigenvalue weighted by molar-refractivity contribution is -0.132. The van der Waals surface area contributed by atoms with Crippen LogP contribution in [-0.2, 0) is 20.7 Å². The molecule has 22 heavy (non-hydrogen) atoms. The number of carbonyl (C=O) groups is 2. The second kappa shape index (κ2) is 9.20. The number of ether oxygens (including phenoxy) is 1. The van der Waals surface area contributed by atoms with Gasteiger partial charge in [0.1, 0.15) is 0 Å². The van der Waals surface area contributed by atoms with Crippen LogP contribution >= 0.6 is 0 Å². The molecule has 1 N–H and O–H groups in total. The predicted octanol–water partition coefficient (Wildman–Crippen LogP) is 2.38. The summed E-state index contributed by atoms with van der Waals surface area (Å²) in [7, 11) is 1.62. The summed E-state index contributed by atoms with van der Waals surface area (Å²) in [4.78, 5) is 25.4. The Morgan fingerprint density at radius 1 is 1.32 bits per heavy atom. The van der Waals surface area contributed by atoms with Crippen LogP contribution in [0.25, 0.3) is 0 Å². The zero-order chi connectivity index (χ0) is 16.5. The van der Waals surface area contributed by atoms with Gasteiger partial charge in [0.2, 0.25) is 11.8 Å². The smallest absolute Gasteiger partial charge is 0.244 e. The van der Waals surface area contributed by atoms with Gasteiger partial charge in [-0.1, -0.05) is 25.1 Å². The van der Waals surface area contributed by atoms with Gasteiger partial charge in [-0.15, -0.1) is 0 Å². The summed E-state index contributed by atoms with van der Waals surface area (Å²) in [5, 5.41) is 2.94. The maximum absolute atomic E-state index is 12.2. The lowest BCUT2D eigenvalue weighted by Crippen LogP contribution is -2.37. The second-order valence-corrected chi connectivity index (χ2v) is 5.30. The van der Waals surface area contributed by atoms with Crippen LogP contribution in [0.1, 0.15) is 31.4 Å². The third-order valence-electron chi connectivity index (χ3n) is 3.56. The zero-order valence-electron chi connectivity index (χ0n) is 13.9. The first-order valence-corrected chi connectivity index (χ1v) is 7.62. The van der Waals surface area contributed by atoms with Gasteiger partial charge < -0.3 is 15.0 Å². The van der Waals surface area contributed by atoms with Crippen LogP contribution in [-0.4, -0.2) is 43.5 Å². The molecule has 0 aliphatic heterocycles. The maximum Gasteiger partial charge on any atom is 0.244 e. The number of carbonyl (C=O) groups excluding carboxylic acids is 2. The molecular weight excluding hydrogens is 280 g/mol. The molecule has 0 radical (unpaired) electrons. The first kappa shape index (κ1) is 18.2. The summed E-state index contributed by atoms with van der Waals surface area (Å²) in [6.07, 6.45) is 1.56. The summed E-state index contributed by atoms with van der Waals surface area (Å²) >= 11 is 0.